The Morgan fingerprint density at radius 2 is 1.88 bits per heavy atom. The Kier molecular flexibility index (Phi) is 5.05. The van der Waals surface area contributed by atoms with E-state index in [2.05, 4.69) is 42.9 Å². The molecule has 1 aromatic heterocycles. The second kappa shape index (κ2) is 7.12. The predicted octanol–water partition coefficient (Wildman–Crippen LogP) is 5.31. The van der Waals surface area contributed by atoms with Crippen LogP contribution in [0.3, 0.4) is 0 Å². The van der Waals surface area contributed by atoms with Gasteiger partial charge in [-0.15, -0.1) is 0 Å². The summed E-state index contributed by atoms with van der Waals surface area (Å²) in [4.78, 5) is 19.3. The molecular weight excluding hydrogens is 348 g/mol. The molecule has 0 aliphatic rings. The Balaban J connectivity index is 1.90. The summed E-state index contributed by atoms with van der Waals surface area (Å²) in [5.41, 5.74) is 4.14. The fraction of sp³-hybridized carbons (Fsp3) is 0.333. The van der Waals surface area contributed by atoms with E-state index in [0.717, 1.165) is 22.4 Å². The summed E-state index contributed by atoms with van der Waals surface area (Å²) in [5, 5.41) is 9.93. The van der Waals surface area contributed by atoms with Gasteiger partial charge in [-0.2, -0.15) is 0 Å². The van der Waals surface area contributed by atoms with E-state index in [1.54, 1.807) is 12.1 Å². The maximum Gasteiger partial charge on any atom is 0.303 e. The van der Waals surface area contributed by atoms with Crippen LogP contribution in [-0.2, 0) is 16.6 Å². The smallest absolute Gasteiger partial charge is 0.303 e. The zero-order valence-corrected chi connectivity index (χ0v) is 16.0. The molecule has 0 saturated heterocycles. The maximum absolute atomic E-state index is 11.3. The zero-order chi connectivity index (χ0) is 18.9. The van der Waals surface area contributed by atoms with Crippen LogP contribution in [0.5, 0.6) is 0 Å². The number of aliphatic carboxylic acids is 1. The van der Waals surface area contributed by atoms with Crippen molar-refractivity contribution < 1.29 is 9.90 Å². The summed E-state index contributed by atoms with van der Waals surface area (Å²) in [5.74, 6) is -0.184. The number of H-pyrrole nitrogens is 1. The second-order valence-corrected chi connectivity index (χ2v) is 8.15. The van der Waals surface area contributed by atoms with E-state index in [-0.39, 0.29) is 17.8 Å². The number of imidazole rings is 1. The lowest BCUT2D eigenvalue weighted by molar-refractivity contribution is -0.137. The van der Waals surface area contributed by atoms with Crippen LogP contribution in [0.15, 0.2) is 42.5 Å². The van der Waals surface area contributed by atoms with Crippen LogP contribution in [0.1, 0.15) is 50.1 Å². The molecule has 3 aromatic rings. The molecule has 136 valence electrons. The van der Waals surface area contributed by atoms with Crippen molar-refractivity contribution in [3.05, 3.63) is 64.4 Å². The molecule has 3 rings (SSSR count). The molecule has 0 spiro atoms. The first-order valence-electron chi connectivity index (χ1n) is 8.69. The van der Waals surface area contributed by atoms with Gasteiger partial charge in [0.15, 0.2) is 0 Å². The van der Waals surface area contributed by atoms with Crippen molar-refractivity contribution >= 4 is 28.6 Å². The molecule has 0 aliphatic carbocycles. The third-order valence-electron chi connectivity index (χ3n) is 4.60. The van der Waals surface area contributed by atoms with Crippen molar-refractivity contribution in [1.29, 1.82) is 0 Å². The van der Waals surface area contributed by atoms with Crippen molar-refractivity contribution in [1.82, 2.24) is 9.97 Å². The minimum Gasteiger partial charge on any atom is -0.481 e. The Labute approximate surface area is 158 Å². The Hall–Kier alpha value is -2.33. The van der Waals surface area contributed by atoms with Crippen molar-refractivity contribution in [2.24, 2.45) is 0 Å². The summed E-state index contributed by atoms with van der Waals surface area (Å²) in [6.45, 7) is 6.53. The molecule has 0 bridgehead atoms. The van der Waals surface area contributed by atoms with E-state index in [1.807, 2.05) is 18.2 Å². The third kappa shape index (κ3) is 4.25. The van der Waals surface area contributed by atoms with Crippen molar-refractivity contribution in [2.45, 2.75) is 44.9 Å². The highest BCUT2D eigenvalue weighted by Crippen LogP contribution is 2.28. The fourth-order valence-electron chi connectivity index (χ4n) is 3.11. The number of rotatable bonds is 5. The van der Waals surface area contributed by atoms with Gasteiger partial charge in [0.25, 0.3) is 0 Å². The van der Waals surface area contributed by atoms with E-state index in [9.17, 15) is 9.90 Å². The van der Waals surface area contributed by atoms with Gasteiger partial charge < -0.3 is 10.1 Å². The minimum absolute atomic E-state index is 0.0475. The van der Waals surface area contributed by atoms with E-state index in [4.69, 9.17) is 11.6 Å². The molecule has 0 fully saturated rings. The quantitative estimate of drug-likeness (QED) is 0.639. The normalized spacial score (nSPS) is 13.1. The zero-order valence-electron chi connectivity index (χ0n) is 15.2. The molecule has 5 heteroatoms. The topological polar surface area (TPSA) is 66.0 Å². The maximum atomic E-state index is 11.3. The highest BCUT2D eigenvalue weighted by atomic mass is 35.5. The van der Waals surface area contributed by atoms with E-state index in [0.29, 0.717) is 11.4 Å². The van der Waals surface area contributed by atoms with Crippen LogP contribution in [0, 0.1) is 0 Å². The molecule has 1 unspecified atom stereocenters. The third-order valence-corrected chi connectivity index (χ3v) is 4.85. The molecule has 2 N–H and O–H groups in total. The van der Waals surface area contributed by atoms with Gasteiger partial charge in [0.05, 0.1) is 17.5 Å². The van der Waals surface area contributed by atoms with Gasteiger partial charge >= 0.3 is 5.97 Å². The summed E-state index contributed by atoms with van der Waals surface area (Å²) < 4.78 is 0. The summed E-state index contributed by atoms with van der Waals surface area (Å²) in [6, 6.07) is 13.6. The lowest BCUT2D eigenvalue weighted by Crippen LogP contribution is -2.10. The van der Waals surface area contributed by atoms with E-state index < -0.39 is 5.97 Å². The number of hydrogen-bond donors (Lipinski definition) is 2. The molecule has 0 aliphatic heterocycles. The highest BCUT2D eigenvalue weighted by Gasteiger charge is 2.19. The molecule has 2 aromatic carbocycles. The van der Waals surface area contributed by atoms with Crippen LogP contribution >= 0.6 is 11.6 Å². The van der Waals surface area contributed by atoms with Crippen molar-refractivity contribution in [3.8, 4) is 0 Å². The average molecular weight is 371 g/mol. The second-order valence-electron chi connectivity index (χ2n) is 7.72. The summed E-state index contributed by atoms with van der Waals surface area (Å²) in [7, 11) is 0. The molecule has 0 amide bonds. The SMILES string of the molecule is CC(C)(C)c1ccc2nc(CC(CC(=O)O)c3ccc(Cl)cc3)[nH]c2c1. The van der Waals surface area contributed by atoms with Crippen LogP contribution in [0.4, 0.5) is 0 Å². The number of fused-ring (bicyclic) bond motifs is 1. The number of benzene rings is 2. The van der Waals surface area contributed by atoms with Gasteiger partial charge in [-0.05, 0) is 40.8 Å². The number of aromatic nitrogens is 2. The average Bonchev–Trinajstić information content (AvgIpc) is 2.95. The molecule has 0 radical (unpaired) electrons. The van der Waals surface area contributed by atoms with Crippen LogP contribution in [0.25, 0.3) is 11.0 Å². The Morgan fingerprint density at radius 3 is 2.50 bits per heavy atom. The first kappa shape index (κ1) is 18.5. The van der Waals surface area contributed by atoms with E-state index >= 15 is 0 Å². The van der Waals surface area contributed by atoms with Gasteiger partial charge in [0, 0.05) is 17.4 Å². The summed E-state index contributed by atoms with van der Waals surface area (Å²) >= 11 is 5.95. The number of hydrogen-bond acceptors (Lipinski definition) is 2. The number of nitrogens with zero attached hydrogens (tertiary/aromatic N) is 1. The lowest BCUT2D eigenvalue weighted by atomic mass is 9.87. The first-order valence-corrected chi connectivity index (χ1v) is 9.06. The van der Waals surface area contributed by atoms with E-state index in [1.165, 1.54) is 5.56 Å². The monoisotopic (exact) mass is 370 g/mol. The number of nitrogens with one attached hydrogen (secondary N) is 1. The molecule has 26 heavy (non-hydrogen) atoms. The van der Waals surface area contributed by atoms with Gasteiger partial charge in [0.2, 0.25) is 0 Å². The van der Waals surface area contributed by atoms with Gasteiger partial charge in [-0.3, -0.25) is 4.79 Å². The molecule has 1 atom stereocenters. The molecule has 1 heterocycles. The van der Waals surface area contributed by atoms with Crippen LogP contribution in [0.2, 0.25) is 5.02 Å². The fourth-order valence-corrected chi connectivity index (χ4v) is 3.24. The van der Waals surface area contributed by atoms with Crippen molar-refractivity contribution in [2.75, 3.05) is 0 Å². The number of carbonyl (C=O) groups is 1. The molecular formula is C21H23ClN2O2. The Bertz CT molecular complexity index is 923. The number of carboxylic acid groups (broad SMARTS) is 1. The van der Waals surface area contributed by atoms with Gasteiger partial charge in [-0.1, -0.05) is 50.6 Å². The first-order chi connectivity index (χ1) is 12.2. The van der Waals surface area contributed by atoms with Crippen LogP contribution < -0.4 is 0 Å². The minimum atomic E-state index is -0.823. The van der Waals surface area contributed by atoms with Gasteiger partial charge in [-0.25, -0.2) is 4.98 Å². The standard InChI is InChI=1S/C21H23ClN2O2/c1-21(2,3)15-6-9-17-18(12-15)24-19(23-17)10-14(11-20(25)26)13-4-7-16(22)8-5-13/h4-9,12,14H,10-11H2,1-3H3,(H,23,24)(H,25,26). The number of halogens is 1. The summed E-state index contributed by atoms with van der Waals surface area (Å²) in [6.07, 6.45) is 0.583. The van der Waals surface area contributed by atoms with Crippen molar-refractivity contribution in [3.63, 3.8) is 0 Å². The highest BCUT2D eigenvalue weighted by molar-refractivity contribution is 6.30. The number of aromatic amines is 1. The van der Waals surface area contributed by atoms with Gasteiger partial charge in [0.1, 0.15) is 5.82 Å². The molecule has 4 nitrogen and oxygen atoms in total. The largest absolute Gasteiger partial charge is 0.481 e. The Morgan fingerprint density at radius 1 is 1.19 bits per heavy atom. The lowest BCUT2D eigenvalue weighted by Gasteiger charge is -2.18. The predicted molar refractivity (Wildman–Crippen MR) is 105 cm³/mol. The molecule has 0 saturated carbocycles. The van der Waals surface area contributed by atoms with Crippen LogP contribution in [-0.4, -0.2) is 21.0 Å². The number of carboxylic acids is 1.